The molecule has 0 bridgehead atoms. The molecule has 2 rings (SSSR count). The number of fused-ring (bicyclic) bond motifs is 1. The second-order valence-electron chi connectivity index (χ2n) is 6.78. The van der Waals surface area contributed by atoms with E-state index >= 15 is 0 Å². The number of amides is 3. The monoisotopic (exact) mass is 313 g/mol. The summed E-state index contributed by atoms with van der Waals surface area (Å²) in [4.78, 5) is 37.4. The Morgan fingerprint density at radius 1 is 1.43 bits per heavy atom. The maximum absolute atomic E-state index is 12.2. The molecule has 0 spiro atoms. The molecule has 2 saturated heterocycles. The Bertz CT molecular complexity index is 475. The van der Waals surface area contributed by atoms with Crippen LogP contribution in [0.25, 0.3) is 0 Å². The summed E-state index contributed by atoms with van der Waals surface area (Å²) in [6.07, 6.45) is 1.28. The lowest BCUT2D eigenvalue weighted by molar-refractivity contribution is -0.138. The van der Waals surface area contributed by atoms with E-state index in [4.69, 9.17) is 0 Å². The molecular formula is C14H23N3O3S. The number of hydrogen-bond donors (Lipinski definition) is 2. The Kier molecular flexibility index (Phi) is 4.24. The van der Waals surface area contributed by atoms with Crippen LogP contribution in [-0.2, 0) is 14.4 Å². The van der Waals surface area contributed by atoms with Crippen LogP contribution < -0.4 is 10.6 Å². The van der Waals surface area contributed by atoms with E-state index in [1.54, 1.807) is 16.7 Å². The molecule has 2 aliphatic rings. The van der Waals surface area contributed by atoms with Gasteiger partial charge in [0.25, 0.3) is 0 Å². The molecule has 118 valence electrons. The lowest BCUT2D eigenvalue weighted by Gasteiger charge is -2.29. The zero-order chi connectivity index (χ0) is 15.8. The van der Waals surface area contributed by atoms with Gasteiger partial charge in [-0.3, -0.25) is 14.4 Å². The predicted octanol–water partition coefficient (Wildman–Crippen LogP) is 0.471. The minimum absolute atomic E-state index is 0.0294. The Morgan fingerprint density at radius 3 is 2.71 bits per heavy atom. The van der Waals surface area contributed by atoms with E-state index in [2.05, 4.69) is 10.6 Å². The van der Waals surface area contributed by atoms with E-state index in [-0.39, 0.29) is 34.7 Å². The number of carbonyl (C=O) groups excluding carboxylic acids is 3. The minimum atomic E-state index is -0.461. The van der Waals surface area contributed by atoms with Gasteiger partial charge in [-0.25, -0.2) is 0 Å². The molecule has 2 fully saturated rings. The summed E-state index contributed by atoms with van der Waals surface area (Å²) in [6, 6.07) is -0.461. The maximum atomic E-state index is 12.2. The smallest absolute Gasteiger partial charge is 0.244 e. The first-order valence-electron chi connectivity index (χ1n) is 7.17. The third kappa shape index (κ3) is 3.51. The van der Waals surface area contributed by atoms with Gasteiger partial charge >= 0.3 is 0 Å². The SMILES string of the molecule is CC(C)(C)NC(=O)CNC(=O)C1CSC2(C)CCC(=O)N12. The normalized spacial score (nSPS) is 28.5. The predicted molar refractivity (Wildman–Crippen MR) is 81.6 cm³/mol. The summed E-state index contributed by atoms with van der Waals surface area (Å²) in [7, 11) is 0. The van der Waals surface area contributed by atoms with Gasteiger partial charge < -0.3 is 15.5 Å². The van der Waals surface area contributed by atoms with Crippen LogP contribution in [0.2, 0.25) is 0 Å². The summed E-state index contributed by atoms with van der Waals surface area (Å²) < 4.78 is 0. The van der Waals surface area contributed by atoms with Crippen LogP contribution in [0.3, 0.4) is 0 Å². The number of nitrogens with one attached hydrogen (secondary N) is 2. The lowest BCUT2D eigenvalue weighted by Crippen LogP contribution is -2.52. The van der Waals surface area contributed by atoms with Crippen molar-refractivity contribution in [3.63, 3.8) is 0 Å². The maximum Gasteiger partial charge on any atom is 0.244 e. The summed E-state index contributed by atoms with van der Waals surface area (Å²) in [5, 5.41) is 5.43. The van der Waals surface area contributed by atoms with Gasteiger partial charge in [-0.05, 0) is 34.1 Å². The van der Waals surface area contributed by atoms with E-state index in [0.29, 0.717) is 12.2 Å². The van der Waals surface area contributed by atoms with Crippen molar-refractivity contribution in [1.82, 2.24) is 15.5 Å². The van der Waals surface area contributed by atoms with Crippen LogP contribution in [0.15, 0.2) is 0 Å². The molecule has 21 heavy (non-hydrogen) atoms. The Morgan fingerprint density at radius 2 is 2.10 bits per heavy atom. The van der Waals surface area contributed by atoms with Crippen LogP contribution in [-0.4, -0.2) is 51.4 Å². The van der Waals surface area contributed by atoms with E-state index in [1.165, 1.54) is 0 Å². The Hall–Kier alpha value is -1.24. The first kappa shape index (κ1) is 16.1. The second-order valence-corrected chi connectivity index (χ2v) is 8.28. The van der Waals surface area contributed by atoms with Gasteiger partial charge in [-0.2, -0.15) is 0 Å². The zero-order valence-electron chi connectivity index (χ0n) is 13.0. The Balaban J connectivity index is 1.90. The molecule has 0 aromatic carbocycles. The summed E-state index contributed by atoms with van der Waals surface area (Å²) >= 11 is 1.64. The van der Waals surface area contributed by atoms with Crippen LogP contribution in [0.4, 0.5) is 0 Å². The van der Waals surface area contributed by atoms with E-state index in [0.717, 1.165) is 6.42 Å². The van der Waals surface area contributed by atoms with Gasteiger partial charge in [-0.15, -0.1) is 11.8 Å². The number of carbonyl (C=O) groups is 3. The van der Waals surface area contributed by atoms with Gasteiger partial charge in [-0.1, -0.05) is 0 Å². The first-order chi connectivity index (χ1) is 9.62. The molecule has 6 nitrogen and oxygen atoms in total. The third-order valence-corrected chi connectivity index (χ3v) is 5.19. The Labute approximate surface area is 129 Å². The van der Waals surface area contributed by atoms with Crippen LogP contribution in [0.5, 0.6) is 0 Å². The van der Waals surface area contributed by atoms with Crippen molar-refractivity contribution in [3.05, 3.63) is 0 Å². The molecule has 0 aliphatic carbocycles. The van der Waals surface area contributed by atoms with Crippen LogP contribution >= 0.6 is 11.8 Å². The van der Waals surface area contributed by atoms with Gasteiger partial charge in [0, 0.05) is 17.7 Å². The number of rotatable bonds is 3. The van der Waals surface area contributed by atoms with E-state index in [9.17, 15) is 14.4 Å². The van der Waals surface area contributed by atoms with Crippen molar-refractivity contribution in [1.29, 1.82) is 0 Å². The van der Waals surface area contributed by atoms with E-state index in [1.807, 2.05) is 27.7 Å². The molecule has 7 heteroatoms. The fraction of sp³-hybridized carbons (Fsp3) is 0.786. The average Bonchev–Trinajstić information content (AvgIpc) is 2.82. The van der Waals surface area contributed by atoms with Crippen molar-refractivity contribution in [2.24, 2.45) is 0 Å². The molecular weight excluding hydrogens is 290 g/mol. The average molecular weight is 313 g/mol. The number of thioether (sulfide) groups is 1. The van der Waals surface area contributed by atoms with Crippen molar-refractivity contribution in [2.75, 3.05) is 12.3 Å². The van der Waals surface area contributed by atoms with Gasteiger partial charge in [0.1, 0.15) is 6.04 Å². The molecule has 0 aromatic rings. The lowest BCUT2D eigenvalue weighted by atomic mass is 10.1. The first-order valence-corrected chi connectivity index (χ1v) is 8.16. The van der Waals surface area contributed by atoms with Gasteiger partial charge in [0.15, 0.2) is 0 Å². The van der Waals surface area contributed by atoms with Crippen molar-refractivity contribution in [3.8, 4) is 0 Å². The molecule has 2 aliphatic heterocycles. The van der Waals surface area contributed by atoms with Crippen molar-refractivity contribution < 1.29 is 14.4 Å². The molecule has 2 atom stereocenters. The largest absolute Gasteiger partial charge is 0.350 e. The molecule has 0 radical (unpaired) electrons. The van der Waals surface area contributed by atoms with Crippen molar-refractivity contribution in [2.45, 2.75) is 57.0 Å². The molecule has 2 unspecified atom stereocenters. The highest BCUT2D eigenvalue weighted by molar-refractivity contribution is 8.01. The van der Waals surface area contributed by atoms with Crippen LogP contribution in [0, 0.1) is 0 Å². The molecule has 0 saturated carbocycles. The van der Waals surface area contributed by atoms with Gasteiger partial charge in [0.2, 0.25) is 17.7 Å². The highest BCUT2D eigenvalue weighted by Crippen LogP contribution is 2.47. The minimum Gasteiger partial charge on any atom is -0.350 e. The summed E-state index contributed by atoms with van der Waals surface area (Å²) in [6.45, 7) is 7.59. The highest BCUT2D eigenvalue weighted by Gasteiger charge is 2.52. The summed E-state index contributed by atoms with van der Waals surface area (Å²) in [5.74, 6) is 0.152. The fourth-order valence-corrected chi connectivity index (χ4v) is 4.19. The fourth-order valence-electron chi connectivity index (χ4n) is 2.76. The molecule has 2 heterocycles. The third-order valence-electron chi connectivity index (χ3n) is 3.69. The topological polar surface area (TPSA) is 78.5 Å². The van der Waals surface area contributed by atoms with Crippen LogP contribution in [0.1, 0.15) is 40.5 Å². The highest BCUT2D eigenvalue weighted by atomic mass is 32.2. The zero-order valence-corrected chi connectivity index (χ0v) is 13.8. The molecule has 0 aromatic heterocycles. The molecule has 3 amide bonds. The molecule has 2 N–H and O–H groups in total. The second kappa shape index (κ2) is 5.51. The summed E-state index contributed by atoms with van der Waals surface area (Å²) in [5.41, 5.74) is -0.325. The van der Waals surface area contributed by atoms with Gasteiger partial charge in [0.05, 0.1) is 11.4 Å². The quantitative estimate of drug-likeness (QED) is 0.794. The number of nitrogens with zero attached hydrogens (tertiary/aromatic N) is 1. The van der Waals surface area contributed by atoms with Crippen molar-refractivity contribution >= 4 is 29.5 Å². The number of hydrogen-bond acceptors (Lipinski definition) is 4. The van der Waals surface area contributed by atoms with E-state index < -0.39 is 6.04 Å². The standard InChI is InChI=1S/C14H23N3O3S/c1-13(2,3)16-10(18)7-15-12(20)9-8-21-14(4)6-5-11(19)17(9)14/h9H,5-8H2,1-4H3,(H,15,20)(H,16,18).